The highest BCUT2D eigenvalue weighted by molar-refractivity contribution is 6.36. The number of aromatic hydroxyl groups is 2. The zero-order valence-corrected chi connectivity index (χ0v) is 16.6. The summed E-state index contributed by atoms with van der Waals surface area (Å²) in [6.45, 7) is 0.482. The topological polar surface area (TPSA) is 73.7 Å². The Balaban J connectivity index is 1.62. The number of hydrogen-bond donors (Lipinski definition) is 2. The van der Waals surface area contributed by atoms with Gasteiger partial charge in [-0.25, -0.2) is 4.98 Å². The van der Waals surface area contributed by atoms with Crippen LogP contribution in [0.5, 0.6) is 11.5 Å². The van der Waals surface area contributed by atoms with Gasteiger partial charge in [0.25, 0.3) is 0 Å². The summed E-state index contributed by atoms with van der Waals surface area (Å²) in [6.07, 6.45) is -3.44. The largest absolute Gasteiger partial charge is 0.503 e. The van der Waals surface area contributed by atoms with E-state index in [1.54, 1.807) is 4.90 Å². The molecular weight excluding hydrogens is 432 g/mol. The molecule has 2 N–H and O–H groups in total. The maximum absolute atomic E-state index is 12.7. The maximum atomic E-state index is 12.7. The highest BCUT2D eigenvalue weighted by atomic mass is 35.5. The second-order valence-electron chi connectivity index (χ2n) is 6.71. The Kier molecular flexibility index (Phi) is 6.14. The number of hydrogen-bond acceptors (Lipinski definition) is 4. The number of halogens is 5. The minimum atomic E-state index is -4.51. The summed E-state index contributed by atoms with van der Waals surface area (Å²) >= 11 is 12.1. The molecule has 2 heterocycles. The van der Waals surface area contributed by atoms with Gasteiger partial charge in [-0.1, -0.05) is 29.3 Å². The monoisotopic (exact) mass is 448 g/mol. The van der Waals surface area contributed by atoms with Crippen molar-refractivity contribution in [3.05, 3.63) is 50.8 Å². The van der Waals surface area contributed by atoms with E-state index >= 15 is 0 Å². The van der Waals surface area contributed by atoms with Gasteiger partial charge < -0.3 is 15.1 Å². The fraction of sp³-hybridized carbons (Fsp3) is 0.368. The summed E-state index contributed by atoms with van der Waals surface area (Å²) in [5.41, 5.74) is 0.380. The van der Waals surface area contributed by atoms with Gasteiger partial charge in [-0.2, -0.15) is 13.2 Å². The van der Waals surface area contributed by atoms with Crippen molar-refractivity contribution in [3.63, 3.8) is 0 Å². The number of fused-ring (bicyclic) bond motifs is 1. The highest BCUT2D eigenvalue weighted by Gasteiger charge is 2.32. The molecule has 5 nitrogen and oxygen atoms in total. The molecule has 0 radical (unpaired) electrons. The third kappa shape index (κ3) is 4.53. The lowest BCUT2D eigenvalue weighted by atomic mass is 9.98. The van der Waals surface area contributed by atoms with Crippen LogP contribution in [0.4, 0.5) is 13.2 Å². The molecule has 0 saturated heterocycles. The molecule has 0 atom stereocenters. The number of aromatic nitrogens is 1. The van der Waals surface area contributed by atoms with Crippen molar-refractivity contribution in [2.45, 2.75) is 38.4 Å². The second kappa shape index (κ2) is 8.28. The number of amides is 1. The summed E-state index contributed by atoms with van der Waals surface area (Å²) in [7, 11) is 0. The van der Waals surface area contributed by atoms with E-state index < -0.39 is 23.4 Å². The molecule has 10 heteroatoms. The van der Waals surface area contributed by atoms with E-state index in [9.17, 15) is 28.2 Å². The summed E-state index contributed by atoms with van der Waals surface area (Å²) < 4.78 is 38.2. The minimum absolute atomic E-state index is 0.0182. The normalized spacial score (nSPS) is 14.0. The third-order valence-corrected chi connectivity index (χ3v) is 5.60. The number of phenols is 2. The molecule has 1 aromatic carbocycles. The van der Waals surface area contributed by atoms with Crippen LogP contribution in [0.3, 0.4) is 0 Å². The molecule has 1 amide bonds. The number of pyridine rings is 1. The van der Waals surface area contributed by atoms with Gasteiger partial charge in [0.1, 0.15) is 5.69 Å². The van der Waals surface area contributed by atoms with Gasteiger partial charge in [0, 0.05) is 25.2 Å². The molecular formula is C19H17Cl2F3N2O3. The van der Waals surface area contributed by atoms with Crippen LogP contribution in [0, 0.1) is 0 Å². The lowest BCUT2D eigenvalue weighted by molar-refractivity contribution is -0.141. The molecule has 0 unspecified atom stereocenters. The van der Waals surface area contributed by atoms with Crippen LogP contribution in [0.1, 0.15) is 35.4 Å². The molecule has 0 spiro atoms. The third-order valence-electron chi connectivity index (χ3n) is 4.79. The summed E-state index contributed by atoms with van der Waals surface area (Å²) in [5, 5.41) is 19.6. The number of benzene rings is 1. The quantitative estimate of drug-likeness (QED) is 0.663. The summed E-state index contributed by atoms with van der Waals surface area (Å²) in [6, 6.07) is 3.69. The van der Waals surface area contributed by atoms with Crippen molar-refractivity contribution in [1.29, 1.82) is 0 Å². The molecule has 0 aliphatic carbocycles. The van der Waals surface area contributed by atoms with Gasteiger partial charge in [0.15, 0.2) is 11.5 Å². The maximum Gasteiger partial charge on any atom is 0.433 e. The van der Waals surface area contributed by atoms with Gasteiger partial charge in [-0.15, -0.1) is 0 Å². The standard InChI is InChI=1S/C19H17Cl2F3N2O3/c20-15-11-7-8-26(9-12(11)16(21)18(29)17(15)28)14(27)6-2-4-10-3-1-5-13(25-10)19(22,23)24/h1,3,5,28-29H,2,4,6-9H2. The van der Waals surface area contributed by atoms with E-state index in [2.05, 4.69) is 4.98 Å². The molecule has 0 fully saturated rings. The van der Waals surface area contributed by atoms with Crippen LogP contribution < -0.4 is 0 Å². The van der Waals surface area contributed by atoms with Crippen LogP contribution >= 0.6 is 23.2 Å². The van der Waals surface area contributed by atoms with E-state index in [1.807, 2.05) is 0 Å². The van der Waals surface area contributed by atoms with E-state index in [0.29, 0.717) is 30.5 Å². The lowest BCUT2D eigenvalue weighted by Gasteiger charge is -2.30. The first-order valence-corrected chi connectivity index (χ1v) is 9.56. The number of rotatable bonds is 4. The molecule has 2 aromatic rings. The Bertz CT molecular complexity index is 951. The molecule has 1 aromatic heterocycles. The smallest absolute Gasteiger partial charge is 0.433 e. The number of nitrogens with zero attached hydrogens (tertiary/aromatic N) is 2. The van der Waals surface area contributed by atoms with Gasteiger partial charge in [-0.3, -0.25) is 4.79 Å². The van der Waals surface area contributed by atoms with Crippen molar-refractivity contribution >= 4 is 29.1 Å². The number of aryl methyl sites for hydroxylation is 1. The first-order valence-electron chi connectivity index (χ1n) is 8.81. The van der Waals surface area contributed by atoms with Crippen LogP contribution in [-0.4, -0.2) is 32.5 Å². The SMILES string of the molecule is O=C(CCCc1cccc(C(F)(F)F)n1)N1CCc2c(Cl)c(O)c(O)c(Cl)c2C1. The molecule has 1 aliphatic rings. The van der Waals surface area contributed by atoms with E-state index in [4.69, 9.17) is 23.2 Å². The Labute approximate surface area is 174 Å². The summed E-state index contributed by atoms with van der Waals surface area (Å²) in [5.74, 6) is -1.20. The summed E-state index contributed by atoms with van der Waals surface area (Å²) in [4.78, 5) is 17.6. The fourth-order valence-electron chi connectivity index (χ4n) is 3.27. The molecule has 1 aliphatic heterocycles. The number of carbonyl (C=O) groups is 1. The predicted molar refractivity (Wildman–Crippen MR) is 101 cm³/mol. The Morgan fingerprint density at radius 1 is 1.14 bits per heavy atom. The average Bonchev–Trinajstić information content (AvgIpc) is 2.69. The highest BCUT2D eigenvalue weighted by Crippen LogP contribution is 2.46. The number of alkyl halides is 3. The zero-order chi connectivity index (χ0) is 21.3. The number of phenolic OH excluding ortho intramolecular Hbond substituents is 2. The van der Waals surface area contributed by atoms with Crippen LogP contribution in [0.15, 0.2) is 18.2 Å². The van der Waals surface area contributed by atoms with Gasteiger partial charge in [-0.05, 0) is 42.5 Å². The van der Waals surface area contributed by atoms with Crippen LogP contribution in [-0.2, 0) is 30.4 Å². The lowest BCUT2D eigenvalue weighted by Crippen LogP contribution is -2.36. The van der Waals surface area contributed by atoms with Crippen molar-refractivity contribution in [2.75, 3.05) is 6.54 Å². The van der Waals surface area contributed by atoms with Crippen molar-refractivity contribution in [1.82, 2.24) is 9.88 Å². The predicted octanol–water partition coefficient (Wildman–Crippen LogP) is 4.73. The van der Waals surface area contributed by atoms with Crippen molar-refractivity contribution in [2.24, 2.45) is 0 Å². The van der Waals surface area contributed by atoms with E-state index in [-0.39, 0.29) is 41.0 Å². The van der Waals surface area contributed by atoms with Gasteiger partial charge in [0.05, 0.1) is 10.0 Å². The molecule has 29 heavy (non-hydrogen) atoms. The first kappa shape index (κ1) is 21.5. The van der Waals surface area contributed by atoms with Gasteiger partial charge in [0.2, 0.25) is 5.91 Å². The van der Waals surface area contributed by atoms with Crippen LogP contribution in [0.2, 0.25) is 10.0 Å². The zero-order valence-electron chi connectivity index (χ0n) is 15.1. The Hall–Kier alpha value is -2.19. The van der Waals surface area contributed by atoms with Gasteiger partial charge >= 0.3 is 6.18 Å². The molecule has 0 saturated carbocycles. The van der Waals surface area contributed by atoms with E-state index in [1.165, 1.54) is 12.1 Å². The van der Waals surface area contributed by atoms with Crippen molar-refractivity contribution < 1.29 is 28.2 Å². The minimum Gasteiger partial charge on any atom is -0.503 e. The molecule has 156 valence electrons. The Morgan fingerprint density at radius 2 is 1.79 bits per heavy atom. The fourth-order valence-corrected chi connectivity index (χ4v) is 3.83. The average molecular weight is 449 g/mol. The van der Waals surface area contributed by atoms with Crippen LogP contribution in [0.25, 0.3) is 0 Å². The first-order chi connectivity index (χ1) is 13.6. The Morgan fingerprint density at radius 3 is 2.45 bits per heavy atom. The number of carbonyl (C=O) groups excluding carboxylic acids is 1. The second-order valence-corrected chi connectivity index (χ2v) is 7.47. The molecule has 3 rings (SSSR count). The van der Waals surface area contributed by atoms with E-state index in [0.717, 1.165) is 6.07 Å². The van der Waals surface area contributed by atoms with Crippen molar-refractivity contribution in [3.8, 4) is 11.5 Å². The molecule has 0 bridgehead atoms.